The van der Waals surface area contributed by atoms with E-state index in [0.717, 1.165) is 12.1 Å². The van der Waals surface area contributed by atoms with Gasteiger partial charge in [0.2, 0.25) is 0 Å². The van der Waals surface area contributed by atoms with Crippen molar-refractivity contribution in [3.8, 4) is 11.3 Å². The maximum Gasteiger partial charge on any atom is 0.159 e. The number of hydrogen-bond donors (Lipinski definition) is 0. The molecule has 0 fully saturated rings. The zero-order valence-electron chi connectivity index (χ0n) is 9.87. The molecule has 0 radical (unpaired) electrons. The Hall–Kier alpha value is -1.78. The summed E-state index contributed by atoms with van der Waals surface area (Å²) in [6.45, 7) is 0. The first-order chi connectivity index (χ1) is 9.56. The lowest BCUT2D eigenvalue weighted by molar-refractivity contribution is 0.511. The van der Waals surface area contributed by atoms with Crippen LogP contribution in [0.15, 0.2) is 36.4 Å². The minimum atomic E-state index is -0.977. The van der Waals surface area contributed by atoms with Gasteiger partial charge in [0.15, 0.2) is 16.8 Å². The average Bonchev–Trinajstić information content (AvgIpc) is 2.43. The van der Waals surface area contributed by atoms with Crippen molar-refractivity contribution >= 4 is 34.0 Å². The molecule has 2 aromatic carbocycles. The molecule has 0 saturated heterocycles. The van der Waals surface area contributed by atoms with E-state index in [9.17, 15) is 8.78 Å². The van der Waals surface area contributed by atoms with Crippen molar-refractivity contribution < 1.29 is 8.78 Å². The predicted molar refractivity (Wildman–Crippen MR) is 74.9 cm³/mol. The second-order valence-electron chi connectivity index (χ2n) is 4.16. The Morgan fingerprint density at radius 1 is 0.800 bits per heavy atom. The van der Waals surface area contributed by atoms with Gasteiger partial charge >= 0.3 is 0 Å². The Morgan fingerprint density at radius 3 is 2.05 bits per heavy atom. The summed E-state index contributed by atoms with van der Waals surface area (Å²) in [5, 5.41) is 9.03. The van der Waals surface area contributed by atoms with Crippen molar-refractivity contribution in [3.63, 3.8) is 0 Å². The zero-order chi connectivity index (χ0) is 14.3. The van der Waals surface area contributed by atoms with E-state index in [-0.39, 0.29) is 5.15 Å². The van der Waals surface area contributed by atoms with Crippen molar-refractivity contribution in [1.29, 1.82) is 0 Å². The van der Waals surface area contributed by atoms with Crippen molar-refractivity contribution in [3.05, 3.63) is 58.2 Å². The van der Waals surface area contributed by atoms with Crippen molar-refractivity contribution in [2.24, 2.45) is 0 Å². The van der Waals surface area contributed by atoms with Crippen molar-refractivity contribution in [2.45, 2.75) is 0 Å². The molecule has 0 aliphatic heterocycles. The molecule has 20 heavy (non-hydrogen) atoms. The number of rotatable bonds is 1. The molecular weight excluding hydrogens is 305 g/mol. The van der Waals surface area contributed by atoms with Crippen LogP contribution in [0.5, 0.6) is 0 Å². The lowest BCUT2D eigenvalue weighted by Crippen LogP contribution is -1.94. The highest BCUT2D eigenvalue weighted by Gasteiger charge is 2.14. The summed E-state index contributed by atoms with van der Waals surface area (Å²) in [4.78, 5) is 0. The first kappa shape index (κ1) is 13.2. The lowest BCUT2D eigenvalue weighted by Gasteiger charge is -2.07. The highest BCUT2D eigenvalue weighted by molar-refractivity contribution is 6.34. The monoisotopic (exact) mass is 310 g/mol. The zero-order valence-corrected chi connectivity index (χ0v) is 11.4. The van der Waals surface area contributed by atoms with Crippen LogP contribution in [0.1, 0.15) is 0 Å². The average molecular weight is 311 g/mol. The number of nitrogens with zero attached hydrogens (tertiary/aromatic N) is 2. The van der Waals surface area contributed by atoms with Gasteiger partial charge in [0.05, 0.1) is 0 Å². The highest BCUT2D eigenvalue weighted by Crippen LogP contribution is 2.31. The van der Waals surface area contributed by atoms with E-state index < -0.39 is 11.6 Å². The summed E-state index contributed by atoms with van der Waals surface area (Å²) in [5.41, 5.74) is 1.11. The van der Waals surface area contributed by atoms with Gasteiger partial charge in [-0.2, -0.15) is 0 Å². The van der Waals surface area contributed by atoms with Gasteiger partial charge in [0.25, 0.3) is 0 Å². The van der Waals surface area contributed by atoms with E-state index in [1.807, 2.05) is 0 Å². The van der Waals surface area contributed by atoms with Crippen LogP contribution in [-0.2, 0) is 0 Å². The molecule has 1 aromatic heterocycles. The third-order valence-electron chi connectivity index (χ3n) is 2.89. The third-order valence-corrected chi connectivity index (χ3v) is 3.42. The summed E-state index contributed by atoms with van der Waals surface area (Å²) < 4.78 is 26.8. The molecule has 0 unspecified atom stereocenters. The van der Waals surface area contributed by atoms with Crippen LogP contribution in [0.4, 0.5) is 8.78 Å². The molecule has 0 atom stereocenters. The first-order valence-electron chi connectivity index (χ1n) is 5.63. The first-order valence-corrected chi connectivity index (χ1v) is 6.39. The van der Waals surface area contributed by atoms with Gasteiger partial charge in [-0.15, -0.1) is 10.2 Å². The van der Waals surface area contributed by atoms with Gasteiger partial charge in [-0.3, -0.25) is 0 Å². The Bertz CT molecular complexity index is 804. The van der Waals surface area contributed by atoms with E-state index in [1.54, 1.807) is 24.3 Å². The van der Waals surface area contributed by atoms with Crippen LogP contribution in [0, 0.1) is 11.6 Å². The predicted octanol–water partition coefficient (Wildman–Crippen LogP) is 4.88. The minimum absolute atomic E-state index is 0.0246. The Morgan fingerprint density at radius 2 is 1.40 bits per heavy atom. The van der Waals surface area contributed by atoms with E-state index in [1.165, 1.54) is 0 Å². The van der Waals surface area contributed by atoms with Gasteiger partial charge < -0.3 is 0 Å². The molecular formula is C14H6Cl2F2N2. The largest absolute Gasteiger partial charge is 0.204 e. The molecule has 3 rings (SSSR count). The smallest absolute Gasteiger partial charge is 0.159 e. The number of benzene rings is 2. The molecule has 0 spiro atoms. The summed E-state index contributed by atoms with van der Waals surface area (Å²) in [6.07, 6.45) is 0. The van der Waals surface area contributed by atoms with E-state index in [4.69, 9.17) is 23.2 Å². The van der Waals surface area contributed by atoms with Gasteiger partial charge in [0, 0.05) is 21.4 Å². The molecule has 100 valence electrons. The number of hydrogen-bond acceptors (Lipinski definition) is 2. The van der Waals surface area contributed by atoms with Crippen LogP contribution in [-0.4, -0.2) is 10.2 Å². The summed E-state index contributed by atoms with van der Waals surface area (Å²) in [7, 11) is 0. The fraction of sp³-hybridized carbons (Fsp3) is 0. The molecule has 3 aromatic rings. The minimum Gasteiger partial charge on any atom is -0.204 e. The quantitative estimate of drug-likeness (QED) is 0.640. The van der Waals surface area contributed by atoms with E-state index in [2.05, 4.69) is 10.2 Å². The molecule has 0 bridgehead atoms. The van der Waals surface area contributed by atoms with E-state index in [0.29, 0.717) is 27.1 Å². The van der Waals surface area contributed by atoms with Crippen LogP contribution in [0.25, 0.3) is 22.0 Å². The van der Waals surface area contributed by atoms with Gasteiger partial charge in [-0.1, -0.05) is 35.3 Å². The fourth-order valence-electron chi connectivity index (χ4n) is 1.94. The summed E-state index contributed by atoms with van der Waals surface area (Å²) in [5.74, 6) is -1.94. The third kappa shape index (κ3) is 2.21. The summed E-state index contributed by atoms with van der Waals surface area (Å²) >= 11 is 11.7. The Labute approximate surface area is 123 Å². The maximum atomic E-state index is 13.5. The second kappa shape index (κ2) is 4.96. The highest BCUT2D eigenvalue weighted by atomic mass is 35.5. The fourth-order valence-corrected chi connectivity index (χ4v) is 2.26. The Balaban J connectivity index is 2.34. The lowest BCUT2D eigenvalue weighted by atomic mass is 10.0. The second-order valence-corrected chi connectivity index (χ2v) is 4.95. The molecule has 0 N–H and O–H groups in total. The maximum absolute atomic E-state index is 13.5. The van der Waals surface area contributed by atoms with Crippen LogP contribution < -0.4 is 0 Å². The van der Waals surface area contributed by atoms with Crippen molar-refractivity contribution in [1.82, 2.24) is 10.2 Å². The number of halogens is 4. The standard InChI is InChI=1S/C14H6Cl2F2N2/c15-8-3-1-7(2-4-8)13-9-5-11(17)12(18)6-10(9)14(16)20-19-13/h1-6H. The molecule has 2 nitrogen and oxygen atoms in total. The molecule has 0 amide bonds. The topological polar surface area (TPSA) is 25.8 Å². The molecule has 0 saturated carbocycles. The van der Waals surface area contributed by atoms with Crippen LogP contribution in [0.3, 0.4) is 0 Å². The molecule has 1 heterocycles. The van der Waals surface area contributed by atoms with E-state index >= 15 is 0 Å². The van der Waals surface area contributed by atoms with Crippen LogP contribution in [0.2, 0.25) is 10.2 Å². The number of fused-ring (bicyclic) bond motifs is 1. The molecule has 0 aliphatic rings. The molecule has 0 aliphatic carbocycles. The van der Waals surface area contributed by atoms with Crippen LogP contribution >= 0.6 is 23.2 Å². The Kier molecular flexibility index (Phi) is 3.28. The SMILES string of the molecule is Fc1cc2c(Cl)nnc(-c3ccc(Cl)cc3)c2cc1F. The van der Waals surface area contributed by atoms with Gasteiger partial charge in [-0.25, -0.2) is 8.78 Å². The number of aromatic nitrogens is 2. The summed E-state index contributed by atoms with van der Waals surface area (Å²) in [6, 6.07) is 8.88. The van der Waals surface area contributed by atoms with Crippen molar-refractivity contribution in [2.75, 3.05) is 0 Å². The van der Waals surface area contributed by atoms with Gasteiger partial charge in [-0.05, 0) is 24.3 Å². The molecule has 6 heteroatoms. The van der Waals surface area contributed by atoms with Gasteiger partial charge in [0.1, 0.15) is 5.69 Å². The normalized spacial score (nSPS) is 11.0.